The molecule has 0 aliphatic carbocycles. The van der Waals surface area contributed by atoms with E-state index in [1.807, 2.05) is 18.2 Å². The van der Waals surface area contributed by atoms with Crippen molar-refractivity contribution >= 4 is 17.5 Å². The zero-order valence-electron chi connectivity index (χ0n) is 13.6. The number of hydrogen-bond acceptors (Lipinski definition) is 4. The van der Waals surface area contributed by atoms with Crippen molar-refractivity contribution in [3.63, 3.8) is 0 Å². The minimum absolute atomic E-state index is 0.209. The molecule has 0 aliphatic rings. The van der Waals surface area contributed by atoms with E-state index in [4.69, 9.17) is 25.8 Å². The maximum absolute atomic E-state index is 12.0. The van der Waals surface area contributed by atoms with Crippen LogP contribution < -0.4 is 19.5 Å². The molecule has 2 aromatic rings. The topological polar surface area (TPSA) is 56.8 Å². The fourth-order valence-electron chi connectivity index (χ4n) is 1.95. The lowest BCUT2D eigenvalue weighted by Crippen LogP contribution is -2.38. The van der Waals surface area contributed by atoms with E-state index in [-0.39, 0.29) is 5.91 Å². The Morgan fingerprint density at radius 2 is 1.83 bits per heavy atom. The van der Waals surface area contributed by atoms with Crippen molar-refractivity contribution in [3.8, 4) is 17.2 Å². The fourth-order valence-corrected chi connectivity index (χ4v) is 2.07. The highest BCUT2D eigenvalue weighted by Crippen LogP contribution is 2.18. The number of carbonyl (C=O) groups is 1. The van der Waals surface area contributed by atoms with E-state index in [9.17, 15) is 4.79 Å². The summed E-state index contributed by atoms with van der Waals surface area (Å²) in [4.78, 5) is 12.0. The Morgan fingerprint density at radius 1 is 1.12 bits per heavy atom. The first-order valence-corrected chi connectivity index (χ1v) is 7.93. The number of carbonyl (C=O) groups excluding carboxylic acids is 1. The molecule has 2 aromatic carbocycles. The second-order valence-corrected chi connectivity index (χ2v) is 5.47. The number of ether oxygens (including phenoxy) is 3. The second-order valence-electron chi connectivity index (χ2n) is 5.03. The van der Waals surface area contributed by atoms with Gasteiger partial charge in [-0.15, -0.1) is 0 Å². The van der Waals surface area contributed by atoms with E-state index in [1.165, 1.54) is 0 Å². The molecule has 6 heteroatoms. The lowest BCUT2D eigenvalue weighted by Gasteiger charge is -2.15. The van der Waals surface area contributed by atoms with Gasteiger partial charge in [-0.25, -0.2) is 0 Å². The van der Waals surface area contributed by atoms with Gasteiger partial charge in [0, 0.05) is 11.1 Å². The summed E-state index contributed by atoms with van der Waals surface area (Å²) in [7, 11) is 1.60. The van der Waals surface area contributed by atoms with Gasteiger partial charge in [-0.2, -0.15) is 0 Å². The minimum Gasteiger partial charge on any atom is -0.497 e. The van der Waals surface area contributed by atoms with E-state index in [0.29, 0.717) is 29.7 Å². The Hall–Kier alpha value is -2.40. The standard InChI is InChI=1S/C18H20ClNO4/c1-13(24-15-8-6-14(19)7-9-15)18(21)20-10-11-23-17-5-3-4-16(12-17)22-2/h3-9,12-13H,10-11H2,1-2H3,(H,20,21). The van der Waals surface area contributed by atoms with E-state index in [1.54, 1.807) is 44.4 Å². The Balaban J connectivity index is 1.71. The zero-order chi connectivity index (χ0) is 17.4. The molecule has 0 spiro atoms. The Labute approximate surface area is 146 Å². The number of benzene rings is 2. The van der Waals surface area contributed by atoms with Crippen molar-refractivity contribution in [3.05, 3.63) is 53.6 Å². The number of rotatable bonds is 8. The average molecular weight is 350 g/mol. The van der Waals surface area contributed by atoms with Gasteiger partial charge < -0.3 is 19.5 Å². The predicted molar refractivity (Wildman–Crippen MR) is 93.0 cm³/mol. The van der Waals surface area contributed by atoms with Gasteiger partial charge in [-0.1, -0.05) is 17.7 Å². The number of methoxy groups -OCH3 is 1. The first-order valence-electron chi connectivity index (χ1n) is 7.55. The van der Waals surface area contributed by atoms with Gasteiger partial charge in [-0.3, -0.25) is 4.79 Å². The molecule has 2 rings (SSSR count). The summed E-state index contributed by atoms with van der Waals surface area (Å²) in [5, 5.41) is 3.39. The van der Waals surface area contributed by atoms with Crippen molar-refractivity contribution < 1.29 is 19.0 Å². The molecule has 0 saturated carbocycles. The lowest BCUT2D eigenvalue weighted by molar-refractivity contribution is -0.127. The SMILES string of the molecule is COc1cccc(OCCNC(=O)C(C)Oc2ccc(Cl)cc2)c1. The van der Waals surface area contributed by atoms with Crippen LogP contribution >= 0.6 is 11.6 Å². The van der Waals surface area contributed by atoms with Crippen molar-refractivity contribution in [2.75, 3.05) is 20.3 Å². The van der Waals surface area contributed by atoms with Gasteiger partial charge in [0.15, 0.2) is 6.10 Å². The lowest BCUT2D eigenvalue weighted by atomic mass is 10.3. The maximum atomic E-state index is 12.0. The number of halogens is 1. The van der Waals surface area contributed by atoms with Crippen LogP contribution in [0.15, 0.2) is 48.5 Å². The molecule has 1 amide bonds. The van der Waals surface area contributed by atoms with Crippen LogP contribution in [0.3, 0.4) is 0 Å². The summed E-state index contributed by atoms with van der Waals surface area (Å²) in [6.45, 7) is 2.42. The van der Waals surface area contributed by atoms with Crippen LogP contribution in [0.25, 0.3) is 0 Å². The largest absolute Gasteiger partial charge is 0.497 e. The highest BCUT2D eigenvalue weighted by atomic mass is 35.5. The Kier molecular flexibility index (Phi) is 6.75. The highest BCUT2D eigenvalue weighted by molar-refractivity contribution is 6.30. The van der Waals surface area contributed by atoms with Gasteiger partial charge in [0.05, 0.1) is 13.7 Å². The van der Waals surface area contributed by atoms with Crippen LogP contribution in [0.1, 0.15) is 6.92 Å². The first kappa shape index (κ1) is 17.9. The third-order valence-electron chi connectivity index (χ3n) is 3.21. The fraction of sp³-hybridized carbons (Fsp3) is 0.278. The van der Waals surface area contributed by atoms with Crippen LogP contribution in [0.5, 0.6) is 17.2 Å². The van der Waals surface area contributed by atoms with Gasteiger partial charge in [0.1, 0.15) is 23.9 Å². The van der Waals surface area contributed by atoms with Gasteiger partial charge in [0.2, 0.25) is 0 Å². The van der Waals surface area contributed by atoms with E-state index < -0.39 is 6.10 Å². The molecule has 0 saturated heterocycles. The molecule has 0 heterocycles. The third kappa shape index (κ3) is 5.66. The normalized spacial score (nSPS) is 11.5. The van der Waals surface area contributed by atoms with Crippen LogP contribution in [-0.4, -0.2) is 32.3 Å². The molecule has 128 valence electrons. The van der Waals surface area contributed by atoms with E-state index in [0.717, 1.165) is 5.75 Å². The quantitative estimate of drug-likeness (QED) is 0.743. The number of hydrogen-bond donors (Lipinski definition) is 1. The summed E-state index contributed by atoms with van der Waals surface area (Å²) in [6, 6.07) is 14.2. The molecule has 1 unspecified atom stereocenters. The molecule has 5 nitrogen and oxygen atoms in total. The highest BCUT2D eigenvalue weighted by Gasteiger charge is 2.14. The molecule has 1 atom stereocenters. The van der Waals surface area contributed by atoms with E-state index in [2.05, 4.69) is 5.32 Å². The monoisotopic (exact) mass is 349 g/mol. The summed E-state index contributed by atoms with van der Waals surface area (Å²) in [6.07, 6.45) is -0.608. The number of nitrogens with one attached hydrogen (secondary N) is 1. The average Bonchev–Trinajstić information content (AvgIpc) is 2.60. The second kappa shape index (κ2) is 9.03. The molecule has 0 aliphatic heterocycles. The first-order chi connectivity index (χ1) is 11.6. The van der Waals surface area contributed by atoms with Gasteiger partial charge >= 0.3 is 0 Å². The summed E-state index contributed by atoms with van der Waals surface area (Å²) >= 11 is 5.81. The zero-order valence-corrected chi connectivity index (χ0v) is 14.4. The molecule has 0 fully saturated rings. The Morgan fingerprint density at radius 3 is 2.54 bits per heavy atom. The number of amides is 1. The van der Waals surface area contributed by atoms with E-state index >= 15 is 0 Å². The van der Waals surface area contributed by atoms with Crippen LogP contribution in [0.2, 0.25) is 5.02 Å². The summed E-state index contributed by atoms with van der Waals surface area (Å²) in [5.41, 5.74) is 0. The Bertz CT molecular complexity index is 660. The minimum atomic E-state index is -0.608. The molecule has 1 N–H and O–H groups in total. The molecule has 0 bridgehead atoms. The molecule has 24 heavy (non-hydrogen) atoms. The summed E-state index contributed by atoms with van der Waals surface area (Å²) in [5.74, 6) is 1.80. The van der Waals surface area contributed by atoms with Gasteiger partial charge in [0.25, 0.3) is 5.91 Å². The van der Waals surface area contributed by atoms with Crippen molar-refractivity contribution in [2.45, 2.75) is 13.0 Å². The molecular formula is C18H20ClNO4. The molecule has 0 aromatic heterocycles. The van der Waals surface area contributed by atoms with Crippen molar-refractivity contribution in [2.24, 2.45) is 0 Å². The van der Waals surface area contributed by atoms with Crippen LogP contribution in [-0.2, 0) is 4.79 Å². The smallest absolute Gasteiger partial charge is 0.260 e. The summed E-state index contributed by atoms with van der Waals surface area (Å²) < 4.78 is 16.2. The van der Waals surface area contributed by atoms with Gasteiger partial charge in [-0.05, 0) is 43.3 Å². The predicted octanol–water partition coefficient (Wildman–Crippen LogP) is 3.31. The van der Waals surface area contributed by atoms with Crippen molar-refractivity contribution in [1.82, 2.24) is 5.32 Å². The third-order valence-corrected chi connectivity index (χ3v) is 3.46. The van der Waals surface area contributed by atoms with Crippen LogP contribution in [0, 0.1) is 0 Å². The van der Waals surface area contributed by atoms with Crippen LogP contribution in [0.4, 0.5) is 0 Å². The molecule has 0 radical (unpaired) electrons. The van der Waals surface area contributed by atoms with Crippen molar-refractivity contribution in [1.29, 1.82) is 0 Å². The molecular weight excluding hydrogens is 330 g/mol. The maximum Gasteiger partial charge on any atom is 0.260 e.